The number of carbonyl (C=O) groups excluding carboxylic acids is 1. The molecule has 1 aromatic rings. The Labute approximate surface area is 115 Å². The quantitative estimate of drug-likeness (QED) is 0.805. The summed E-state index contributed by atoms with van der Waals surface area (Å²) < 4.78 is 10.5. The lowest BCUT2D eigenvalue weighted by Crippen LogP contribution is -2.46. The highest BCUT2D eigenvalue weighted by Crippen LogP contribution is 2.33. The summed E-state index contributed by atoms with van der Waals surface area (Å²) in [7, 11) is 1.80. The number of halogens is 1. The fourth-order valence-corrected chi connectivity index (χ4v) is 1.96. The Morgan fingerprint density at radius 1 is 1.39 bits per heavy atom. The van der Waals surface area contributed by atoms with Gasteiger partial charge in [0.15, 0.2) is 11.5 Å². The predicted molar refractivity (Wildman–Crippen MR) is 72.5 cm³/mol. The first-order valence-corrected chi connectivity index (χ1v) is 6.81. The lowest BCUT2D eigenvalue weighted by atomic mass is 10.0. The molecule has 0 radical (unpaired) electrons. The molecule has 0 N–H and O–H groups in total. The smallest absolute Gasteiger partial charge is 0.254 e. The number of ether oxygens (including phenoxy) is 2. The molecule has 0 aromatic heterocycles. The van der Waals surface area contributed by atoms with Crippen LogP contribution in [0.2, 0.25) is 0 Å². The zero-order chi connectivity index (χ0) is 13.3. The number of nitrogens with zero attached hydrogens (tertiary/aromatic N) is 1. The van der Waals surface area contributed by atoms with Crippen LogP contribution < -0.4 is 9.47 Å². The van der Waals surface area contributed by atoms with Crippen LogP contribution in [0.1, 0.15) is 24.2 Å². The van der Waals surface area contributed by atoms with Gasteiger partial charge in [-0.2, -0.15) is 0 Å². The average Bonchev–Trinajstić information content (AvgIpc) is 2.84. The van der Waals surface area contributed by atoms with Gasteiger partial charge in [-0.25, -0.2) is 0 Å². The lowest BCUT2D eigenvalue weighted by molar-refractivity contribution is 0.0663. The minimum Gasteiger partial charge on any atom is -0.454 e. The number of rotatable bonds is 3. The molecule has 1 aliphatic rings. The summed E-state index contributed by atoms with van der Waals surface area (Å²) in [5, 5.41) is 0.715. The van der Waals surface area contributed by atoms with E-state index in [1.54, 1.807) is 30.1 Å². The second kappa shape index (κ2) is 4.80. The lowest BCUT2D eigenvalue weighted by Gasteiger charge is -2.34. The molecule has 2 rings (SSSR count). The normalized spacial score (nSPS) is 13.6. The second-order valence-electron chi connectivity index (χ2n) is 4.88. The van der Waals surface area contributed by atoms with Crippen molar-refractivity contribution >= 4 is 21.8 Å². The monoisotopic (exact) mass is 313 g/mol. The van der Waals surface area contributed by atoms with Crippen molar-refractivity contribution in [3.05, 3.63) is 23.8 Å². The highest BCUT2D eigenvalue weighted by Gasteiger charge is 2.28. The van der Waals surface area contributed by atoms with Crippen LogP contribution in [0.5, 0.6) is 11.5 Å². The summed E-state index contributed by atoms with van der Waals surface area (Å²) in [6, 6.07) is 5.26. The Morgan fingerprint density at radius 3 is 2.72 bits per heavy atom. The molecule has 1 heterocycles. The maximum atomic E-state index is 12.4. The standard InChI is InChI=1S/C13H16BrNO3/c1-13(2,7-14)15(3)12(16)9-4-5-10-11(6-9)18-8-17-10/h4-6H,7-8H2,1-3H3. The van der Waals surface area contributed by atoms with Crippen molar-refractivity contribution in [2.75, 3.05) is 19.2 Å². The maximum absolute atomic E-state index is 12.4. The van der Waals surface area contributed by atoms with Gasteiger partial charge < -0.3 is 14.4 Å². The van der Waals surface area contributed by atoms with Gasteiger partial charge in [-0.1, -0.05) is 15.9 Å². The third-order valence-corrected chi connectivity index (χ3v) is 4.53. The minimum absolute atomic E-state index is 0.0299. The molecule has 1 amide bonds. The molecule has 0 fully saturated rings. The number of hydrogen-bond acceptors (Lipinski definition) is 3. The van der Waals surface area contributed by atoms with Crippen LogP contribution in [-0.2, 0) is 0 Å². The van der Waals surface area contributed by atoms with Gasteiger partial charge in [0.1, 0.15) is 0 Å². The summed E-state index contributed by atoms with van der Waals surface area (Å²) in [5.41, 5.74) is 0.365. The first-order chi connectivity index (χ1) is 8.45. The first-order valence-electron chi connectivity index (χ1n) is 5.69. The zero-order valence-electron chi connectivity index (χ0n) is 10.7. The van der Waals surface area contributed by atoms with Gasteiger partial charge in [-0.3, -0.25) is 4.79 Å². The van der Waals surface area contributed by atoms with Gasteiger partial charge in [-0.05, 0) is 32.0 Å². The Balaban J connectivity index is 2.24. The van der Waals surface area contributed by atoms with Crippen LogP contribution in [0.3, 0.4) is 0 Å². The predicted octanol–water partition coefficient (Wildman–Crippen LogP) is 2.66. The summed E-state index contributed by atoms with van der Waals surface area (Å²) >= 11 is 3.42. The van der Waals surface area contributed by atoms with Gasteiger partial charge in [0, 0.05) is 23.5 Å². The van der Waals surface area contributed by atoms with Crippen molar-refractivity contribution < 1.29 is 14.3 Å². The molecule has 5 heteroatoms. The molecule has 1 aromatic carbocycles. The van der Waals surface area contributed by atoms with E-state index >= 15 is 0 Å². The molecule has 0 saturated heterocycles. The second-order valence-corrected chi connectivity index (χ2v) is 5.44. The zero-order valence-corrected chi connectivity index (χ0v) is 12.3. The van der Waals surface area contributed by atoms with Crippen molar-refractivity contribution in [2.45, 2.75) is 19.4 Å². The van der Waals surface area contributed by atoms with Crippen LogP contribution in [0, 0.1) is 0 Å². The van der Waals surface area contributed by atoms with Crippen LogP contribution in [0.4, 0.5) is 0 Å². The van der Waals surface area contributed by atoms with Gasteiger partial charge >= 0.3 is 0 Å². The van der Waals surface area contributed by atoms with Crippen LogP contribution in [0.15, 0.2) is 18.2 Å². The molecule has 18 heavy (non-hydrogen) atoms. The SMILES string of the molecule is CN(C(=O)c1ccc2c(c1)OCO2)C(C)(C)CBr. The molecule has 0 aliphatic carbocycles. The molecular weight excluding hydrogens is 298 g/mol. The molecule has 98 valence electrons. The van der Waals surface area contributed by atoms with Crippen LogP contribution in [0.25, 0.3) is 0 Å². The maximum Gasteiger partial charge on any atom is 0.254 e. The van der Waals surface area contributed by atoms with Gasteiger partial charge in [0.05, 0.1) is 0 Å². The average molecular weight is 314 g/mol. The number of fused-ring (bicyclic) bond motifs is 1. The third kappa shape index (κ3) is 2.32. The Hall–Kier alpha value is -1.23. The first kappa shape index (κ1) is 13.2. The topological polar surface area (TPSA) is 38.8 Å². The fraction of sp³-hybridized carbons (Fsp3) is 0.462. The van der Waals surface area contributed by atoms with Crippen molar-refractivity contribution in [3.8, 4) is 11.5 Å². The Kier molecular flexibility index (Phi) is 3.52. The minimum atomic E-state index is -0.243. The van der Waals surface area contributed by atoms with Crippen molar-refractivity contribution in [1.29, 1.82) is 0 Å². The van der Waals surface area contributed by atoms with Crippen molar-refractivity contribution in [1.82, 2.24) is 4.90 Å². The van der Waals surface area contributed by atoms with Gasteiger partial charge in [0.25, 0.3) is 5.91 Å². The molecule has 0 spiro atoms. The number of carbonyl (C=O) groups is 1. The van der Waals surface area contributed by atoms with E-state index in [1.165, 1.54) is 0 Å². The largest absolute Gasteiger partial charge is 0.454 e. The summed E-state index contributed by atoms with van der Waals surface area (Å²) in [6.45, 7) is 4.23. The van der Waals surface area contributed by atoms with E-state index in [0.29, 0.717) is 22.4 Å². The number of amides is 1. The van der Waals surface area contributed by atoms with E-state index in [2.05, 4.69) is 15.9 Å². The van der Waals surface area contributed by atoms with Crippen LogP contribution in [-0.4, -0.2) is 35.5 Å². The molecule has 4 nitrogen and oxygen atoms in total. The van der Waals surface area contributed by atoms with Crippen LogP contribution >= 0.6 is 15.9 Å². The van der Waals surface area contributed by atoms with E-state index in [9.17, 15) is 4.79 Å². The van der Waals surface area contributed by atoms with Crippen molar-refractivity contribution in [3.63, 3.8) is 0 Å². The fourth-order valence-electron chi connectivity index (χ4n) is 1.59. The number of benzene rings is 1. The highest BCUT2D eigenvalue weighted by atomic mass is 79.9. The van der Waals surface area contributed by atoms with Crippen molar-refractivity contribution in [2.24, 2.45) is 0 Å². The molecule has 0 atom stereocenters. The van der Waals surface area contributed by atoms with E-state index < -0.39 is 0 Å². The van der Waals surface area contributed by atoms with E-state index in [1.807, 2.05) is 13.8 Å². The number of hydrogen-bond donors (Lipinski definition) is 0. The van der Waals surface area contributed by atoms with Gasteiger partial charge in [0.2, 0.25) is 6.79 Å². The molecule has 0 unspecified atom stereocenters. The summed E-state index contributed by atoms with van der Waals surface area (Å²) in [5.74, 6) is 1.29. The molecular formula is C13H16BrNO3. The molecule has 0 bridgehead atoms. The third-order valence-electron chi connectivity index (χ3n) is 3.16. The Morgan fingerprint density at radius 2 is 2.06 bits per heavy atom. The molecule has 0 saturated carbocycles. The Bertz CT molecular complexity index is 473. The van der Waals surface area contributed by atoms with E-state index in [-0.39, 0.29) is 18.2 Å². The molecule has 1 aliphatic heterocycles. The summed E-state index contributed by atoms with van der Waals surface area (Å²) in [6.07, 6.45) is 0. The van der Waals surface area contributed by atoms with Gasteiger partial charge in [-0.15, -0.1) is 0 Å². The van der Waals surface area contributed by atoms with E-state index in [0.717, 1.165) is 0 Å². The highest BCUT2D eigenvalue weighted by molar-refractivity contribution is 9.09. The summed E-state index contributed by atoms with van der Waals surface area (Å²) in [4.78, 5) is 14.1. The van der Waals surface area contributed by atoms with E-state index in [4.69, 9.17) is 9.47 Å². The number of alkyl halides is 1.